The second-order valence-electron chi connectivity index (χ2n) is 6.40. The second kappa shape index (κ2) is 7.41. The fourth-order valence-corrected chi connectivity index (χ4v) is 2.93. The Labute approximate surface area is 157 Å². The Morgan fingerprint density at radius 2 is 1.93 bits per heavy atom. The number of aryl methyl sites for hydroxylation is 1. The smallest absolute Gasteiger partial charge is 0.251 e. The molecule has 0 saturated heterocycles. The highest BCUT2D eigenvalue weighted by Gasteiger charge is 2.11. The molecule has 0 atom stereocenters. The van der Waals surface area contributed by atoms with Crippen molar-refractivity contribution in [2.24, 2.45) is 0 Å². The maximum absolute atomic E-state index is 12.5. The van der Waals surface area contributed by atoms with Gasteiger partial charge in [0.05, 0.1) is 12.2 Å². The average Bonchev–Trinajstić information content (AvgIpc) is 3.09. The Morgan fingerprint density at radius 3 is 2.74 bits per heavy atom. The van der Waals surface area contributed by atoms with Crippen molar-refractivity contribution in [1.82, 2.24) is 15.3 Å². The molecule has 0 aliphatic heterocycles. The molecule has 1 N–H and O–H groups in total. The number of oxazole rings is 1. The SMILES string of the molecule is Cc1cccnc1CNC(=O)c1ccc2oc(Cc3ccccc3)nc2c1. The van der Waals surface area contributed by atoms with Gasteiger partial charge in [0.15, 0.2) is 11.5 Å². The van der Waals surface area contributed by atoms with Crippen molar-refractivity contribution in [3.8, 4) is 0 Å². The minimum atomic E-state index is -0.158. The van der Waals surface area contributed by atoms with Crippen molar-refractivity contribution in [3.63, 3.8) is 0 Å². The van der Waals surface area contributed by atoms with Crippen LogP contribution in [-0.2, 0) is 13.0 Å². The predicted molar refractivity (Wildman–Crippen MR) is 103 cm³/mol. The lowest BCUT2D eigenvalue weighted by molar-refractivity contribution is 0.0950. The Hall–Kier alpha value is -3.47. The monoisotopic (exact) mass is 357 g/mol. The quantitative estimate of drug-likeness (QED) is 0.585. The zero-order valence-corrected chi connectivity index (χ0v) is 15.0. The molecule has 0 saturated carbocycles. The van der Waals surface area contributed by atoms with E-state index in [4.69, 9.17) is 4.42 Å². The number of benzene rings is 2. The summed E-state index contributed by atoms with van der Waals surface area (Å²) in [5, 5.41) is 2.91. The number of amides is 1. The molecule has 27 heavy (non-hydrogen) atoms. The number of fused-ring (bicyclic) bond motifs is 1. The zero-order valence-electron chi connectivity index (χ0n) is 15.0. The summed E-state index contributed by atoms with van der Waals surface area (Å²) in [6.45, 7) is 2.37. The molecule has 0 spiro atoms. The number of carbonyl (C=O) groups excluding carboxylic acids is 1. The summed E-state index contributed by atoms with van der Waals surface area (Å²) in [5.41, 5.74) is 4.96. The van der Waals surface area contributed by atoms with E-state index in [1.807, 2.05) is 49.4 Å². The molecule has 0 aliphatic carbocycles. The van der Waals surface area contributed by atoms with Gasteiger partial charge in [-0.3, -0.25) is 9.78 Å². The minimum Gasteiger partial charge on any atom is -0.440 e. The molecule has 0 radical (unpaired) electrons. The summed E-state index contributed by atoms with van der Waals surface area (Å²) in [6.07, 6.45) is 2.35. The summed E-state index contributed by atoms with van der Waals surface area (Å²) in [7, 11) is 0. The zero-order chi connectivity index (χ0) is 18.6. The van der Waals surface area contributed by atoms with Crippen molar-refractivity contribution < 1.29 is 9.21 Å². The van der Waals surface area contributed by atoms with Gasteiger partial charge in [-0.05, 0) is 42.3 Å². The third kappa shape index (κ3) is 3.87. The van der Waals surface area contributed by atoms with E-state index < -0.39 is 0 Å². The van der Waals surface area contributed by atoms with Crippen molar-refractivity contribution >= 4 is 17.0 Å². The van der Waals surface area contributed by atoms with Crippen LogP contribution in [0, 0.1) is 6.92 Å². The van der Waals surface area contributed by atoms with Gasteiger partial charge in [-0.25, -0.2) is 4.98 Å². The number of nitrogens with one attached hydrogen (secondary N) is 1. The number of nitrogens with zero attached hydrogens (tertiary/aromatic N) is 2. The van der Waals surface area contributed by atoms with Crippen molar-refractivity contribution in [2.45, 2.75) is 19.9 Å². The van der Waals surface area contributed by atoms with Crippen molar-refractivity contribution in [2.75, 3.05) is 0 Å². The third-order valence-corrected chi connectivity index (χ3v) is 4.43. The Morgan fingerprint density at radius 1 is 1.07 bits per heavy atom. The van der Waals surface area contributed by atoms with Crippen LogP contribution in [0.4, 0.5) is 0 Å². The van der Waals surface area contributed by atoms with Crippen LogP contribution in [0.2, 0.25) is 0 Å². The first kappa shape index (κ1) is 17.0. The Balaban J connectivity index is 1.49. The van der Waals surface area contributed by atoms with E-state index in [0.717, 1.165) is 16.8 Å². The van der Waals surface area contributed by atoms with E-state index in [0.29, 0.717) is 35.5 Å². The van der Waals surface area contributed by atoms with E-state index in [1.54, 1.807) is 24.4 Å². The first-order valence-corrected chi connectivity index (χ1v) is 8.81. The standard InChI is InChI=1S/C22H19N3O2/c1-15-6-5-11-23-19(15)14-24-22(26)17-9-10-20-18(13-17)25-21(27-20)12-16-7-3-2-4-8-16/h2-11,13H,12,14H2,1H3,(H,24,26). The molecule has 1 amide bonds. The van der Waals surface area contributed by atoms with E-state index in [9.17, 15) is 4.79 Å². The van der Waals surface area contributed by atoms with E-state index >= 15 is 0 Å². The van der Waals surface area contributed by atoms with Crippen LogP contribution in [0.15, 0.2) is 71.3 Å². The van der Waals surface area contributed by atoms with Crippen LogP contribution < -0.4 is 5.32 Å². The Bertz CT molecular complexity index is 1090. The molecule has 0 unspecified atom stereocenters. The molecule has 2 heterocycles. The minimum absolute atomic E-state index is 0.158. The molecule has 4 aromatic rings. The number of carbonyl (C=O) groups is 1. The number of aromatic nitrogens is 2. The molecule has 134 valence electrons. The number of hydrogen-bond donors (Lipinski definition) is 1. The second-order valence-corrected chi connectivity index (χ2v) is 6.40. The Kier molecular flexibility index (Phi) is 4.66. The fraction of sp³-hybridized carbons (Fsp3) is 0.136. The van der Waals surface area contributed by atoms with Gasteiger partial charge in [0.1, 0.15) is 5.52 Å². The number of rotatable bonds is 5. The molecule has 2 aromatic carbocycles. The van der Waals surface area contributed by atoms with E-state index in [2.05, 4.69) is 15.3 Å². The largest absolute Gasteiger partial charge is 0.440 e. The summed E-state index contributed by atoms with van der Waals surface area (Å²) in [5.74, 6) is 0.479. The van der Waals surface area contributed by atoms with Crippen LogP contribution in [0.5, 0.6) is 0 Å². The highest BCUT2D eigenvalue weighted by Crippen LogP contribution is 2.19. The van der Waals surface area contributed by atoms with Gasteiger partial charge >= 0.3 is 0 Å². The van der Waals surface area contributed by atoms with Crippen LogP contribution in [-0.4, -0.2) is 15.9 Å². The topological polar surface area (TPSA) is 68.0 Å². The molecule has 2 aromatic heterocycles. The highest BCUT2D eigenvalue weighted by molar-refractivity contribution is 5.97. The summed E-state index contributed by atoms with van der Waals surface area (Å²) >= 11 is 0. The lowest BCUT2D eigenvalue weighted by Gasteiger charge is -2.06. The van der Waals surface area contributed by atoms with Gasteiger partial charge in [0, 0.05) is 18.2 Å². The normalized spacial score (nSPS) is 10.9. The molecular weight excluding hydrogens is 338 g/mol. The van der Waals surface area contributed by atoms with Gasteiger partial charge in [0.2, 0.25) is 0 Å². The molecule has 0 bridgehead atoms. The molecule has 0 fully saturated rings. The average molecular weight is 357 g/mol. The van der Waals surface area contributed by atoms with Gasteiger partial charge in [-0.15, -0.1) is 0 Å². The van der Waals surface area contributed by atoms with Gasteiger partial charge in [-0.2, -0.15) is 0 Å². The predicted octanol–water partition coefficient (Wildman–Crippen LogP) is 4.05. The summed E-state index contributed by atoms with van der Waals surface area (Å²) in [4.78, 5) is 21.3. The number of hydrogen-bond acceptors (Lipinski definition) is 4. The maximum atomic E-state index is 12.5. The van der Waals surface area contributed by atoms with Crippen molar-refractivity contribution in [1.29, 1.82) is 0 Å². The van der Waals surface area contributed by atoms with E-state index in [-0.39, 0.29) is 5.91 Å². The van der Waals surface area contributed by atoms with Gasteiger partial charge in [-0.1, -0.05) is 36.4 Å². The van der Waals surface area contributed by atoms with Crippen LogP contribution in [0.1, 0.15) is 33.1 Å². The van der Waals surface area contributed by atoms with Crippen molar-refractivity contribution in [3.05, 3.63) is 95.1 Å². The highest BCUT2D eigenvalue weighted by atomic mass is 16.3. The lowest BCUT2D eigenvalue weighted by Crippen LogP contribution is -2.23. The molecule has 4 rings (SSSR count). The molecule has 5 heteroatoms. The first-order valence-electron chi connectivity index (χ1n) is 8.81. The number of pyridine rings is 1. The van der Waals surface area contributed by atoms with Crippen LogP contribution in [0.3, 0.4) is 0 Å². The van der Waals surface area contributed by atoms with Gasteiger partial charge in [0.25, 0.3) is 5.91 Å². The van der Waals surface area contributed by atoms with Crippen LogP contribution >= 0.6 is 0 Å². The third-order valence-electron chi connectivity index (χ3n) is 4.43. The summed E-state index contributed by atoms with van der Waals surface area (Å²) in [6, 6.07) is 19.2. The summed E-state index contributed by atoms with van der Waals surface area (Å²) < 4.78 is 5.80. The maximum Gasteiger partial charge on any atom is 0.251 e. The molecule has 5 nitrogen and oxygen atoms in total. The van der Waals surface area contributed by atoms with Gasteiger partial charge < -0.3 is 9.73 Å². The molecular formula is C22H19N3O2. The lowest BCUT2D eigenvalue weighted by atomic mass is 10.1. The van der Waals surface area contributed by atoms with E-state index in [1.165, 1.54) is 0 Å². The fourth-order valence-electron chi connectivity index (χ4n) is 2.93. The molecule has 0 aliphatic rings. The first-order chi connectivity index (χ1) is 13.2. The van der Waals surface area contributed by atoms with Crippen LogP contribution in [0.25, 0.3) is 11.1 Å².